The topological polar surface area (TPSA) is 46.2 Å². The van der Waals surface area contributed by atoms with Crippen molar-refractivity contribution < 1.29 is 5.11 Å². The number of nitrogen functional groups attached to an aromatic ring is 1. The molecule has 0 spiro atoms. The molecule has 0 fully saturated rings. The lowest BCUT2D eigenvalue weighted by molar-refractivity contribution is 0.116. The van der Waals surface area contributed by atoms with E-state index in [1.165, 1.54) is 0 Å². The van der Waals surface area contributed by atoms with E-state index < -0.39 is 6.10 Å². The molecule has 2 unspecified atom stereocenters. The van der Waals surface area contributed by atoms with Gasteiger partial charge in [0.1, 0.15) is 0 Å². The molecule has 0 aliphatic rings. The standard InChI is InChI=1S/C11H16ClNO/c1-3-7(2)11(14)9-5-4-8(12)6-10(9)13/h4-7,11,14H,3,13H2,1-2H3. The highest BCUT2D eigenvalue weighted by molar-refractivity contribution is 6.30. The lowest BCUT2D eigenvalue weighted by Gasteiger charge is -2.19. The summed E-state index contributed by atoms with van der Waals surface area (Å²) in [5, 5.41) is 10.5. The Labute approximate surface area is 89.7 Å². The maximum atomic E-state index is 9.94. The van der Waals surface area contributed by atoms with Crippen molar-refractivity contribution in [2.24, 2.45) is 5.92 Å². The van der Waals surface area contributed by atoms with Gasteiger partial charge in [-0.3, -0.25) is 0 Å². The fourth-order valence-electron chi connectivity index (χ4n) is 1.34. The molecule has 0 aliphatic carbocycles. The van der Waals surface area contributed by atoms with Crippen LogP contribution in [0.2, 0.25) is 5.02 Å². The van der Waals surface area contributed by atoms with Crippen molar-refractivity contribution in [3.8, 4) is 0 Å². The zero-order valence-corrected chi connectivity index (χ0v) is 9.25. The van der Waals surface area contributed by atoms with Gasteiger partial charge in [-0.2, -0.15) is 0 Å². The monoisotopic (exact) mass is 213 g/mol. The Kier molecular flexibility index (Phi) is 3.78. The Hall–Kier alpha value is -0.730. The summed E-state index contributed by atoms with van der Waals surface area (Å²) in [5.74, 6) is 0.207. The van der Waals surface area contributed by atoms with E-state index in [0.29, 0.717) is 10.7 Å². The molecule has 0 aliphatic heterocycles. The first-order valence-electron chi connectivity index (χ1n) is 4.79. The molecule has 2 atom stereocenters. The molecule has 0 amide bonds. The summed E-state index contributed by atoms with van der Waals surface area (Å²) in [6, 6.07) is 5.20. The zero-order valence-electron chi connectivity index (χ0n) is 8.50. The van der Waals surface area contributed by atoms with Crippen LogP contribution in [0, 0.1) is 5.92 Å². The number of aliphatic hydroxyl groups excluding tert-OH is 1. The minimum Gasteiger partial charge on any atom is -0.398 e. The summed E-state index contributed by atoms with van der Waals surface area (Å²) in [5.41, 5.74) is 7.10. The summed E-state index contributed by atoms with van der Waals surface area (Å²) in [7, 11) is 0. The molecule has 0 bridgehead atoms. The van der Waals surface area contributed by atoms with Crippen LogP contribution in [0.5, 0.6) is 0 Å². The van der Waals surface area contributed by atoms with Crippen LogP contribution >= 0.6 is 11.6 Å². The van der Waals surface area contributed by atoms with E-state index in [-0.39, 0.29) is 5.92 Å². The van der Waals surface area contributed by atoms with Crippen molar-refractivity contribution in [1.29, 1.82) is 0 Å². The molecular formula is C11H16ClNO. The second-order valence-electron chi connectivity index (χ2n) is 3.60. The van der Waals surface area contributed by atoms with Gasteiger partial charge in [0.05, 0.1) is 6.10 Å². The lowest BCUT2D eigenvalue weighted by Crippen LogP contribution is -2.10. The second-order valence-corrected chi connectivity index (χ2v) is 4.04. The van der Waals surface area contributed by atoms with Gasteiger partial charge in [-0.05, 0) is 18.1 Å². The highest BCUT2D eigenvalue weighted by Crippen LogP contribution is 2.29. The van der Waals surface area contributed by atoms with Crippen molar-refractivity contribution >= 4 is 17.3 Å². The number of nitrogens with two attached hydrogens (primary N) is 1. The van der Waals surface area contributed by atoms with E-state index in [1.54, 1.807) is 18.2 Å². The number of rotatable bonds is 3. The molecule has 3 N–H and O–H groups in total. The van der Waals surface area contributed by atoms with Crippen LogP contribution < -0.4 is 5.73 Å². The van der Waals surface area contributed by atoms with E-state index in [9.17, 15) is 5.11 Å². The Balaban J connectivity index is 2.95. The van der Waals surface area contributed by atoms with E-state index in [2.05, 4.69) is 0 Å². The van der Waals surface area contributed by atoms with E-state index in [1.807, 2.05) is 13.8 Å². The Bertz CT molecular complexity index is 314. The number of benzene rings is 1. The van der Waals surface area contributed by atoms with Crippen molar-refractivity contribution in [2.75, 3.05) is 5.73 Å². The molecule has 1 aromatic rings. The van der Waals surface area contributed by atoms with Crippen LogP contribution in [-0.2, 0) is 0 Å². The predicted molar refractivity (Wildman–Crippen MR) is 60.3 cm³/mol. The third-order valence-corrected chi connectivity index (χ3v) is 2.79. The number of anilines is 1. The van der Waals surface area contributed by atoms with Crippen LogP contribution in [0.4, 0.5) is 5.69 Å². The average Bonchev–Trinajstić information content (AvgIpc) is 2.15. The smallest absolute Gasteiger partial charge is 0.0835 e. The number of hydrogen-bond acceptors (Lipinski definition) is 2. The highest BCUT2D eigenvalue weighted by atomic mass is 35.5. The van der Waals surface area contributed by atoms with Gasteiger partial charge in [-0.25, -0.2) is 0 Å². The molecule has 0 saturated carbocycles. The van der Waals surface area contributed by atoms with Gasteiger partial charge in [0.2, 0.25) is 0 Å². The minimum atomic E-state index is -0.503. The van der Waals surface area contributed by atoms with Crippen molar-refractivity contribution in [1.82, 2.24) is 0 Å². The normalized spacial score (nSPS) is 15.1. The largest absolute Gasteiger partial charge is 0.398 e. The van der Waals surface area contributed by atoms with Gasteiger partial charge in [0.15, 0.2) is 0 Å². The Morgan fingerprint density at radius 1 is 1.50 bits per heavy atom. The van der Waals surface area contributed by atoms with Gasteiger partial charge in [0, 0.05) is 16.3 Å². The van der Waals surface area contributed by atoms with Crippen LogP contribution in [-0.4, -0.2) is 5.11 Å². The molecule has 0 heterocycles. The molecule has 2 nitrogen and oxygen atoms in total. The van der Waals surface area contributed by atoms with Crippen LogP contribution in [0.15, 0.2) is 18.2 Å². The van der Waals surface area contributed by atoms with Gasteiger partial charge in [-0.1, -0.05) is 37.9 Å². The molecular weight excluding hydrogens is 198 g/mol. The Morgan fingerprint density at radius 3 is 2.64 bits per heavy atom. The number of halogens is 1. The average molecular weight is 214 g/mol. The van der Waals surface area contributed by atoms with Crippen molar-refractivity contribution in [3.05, 3.63) is 28.8 Å². The zero-order chi connectivity index (χ0) is 10.7. The highest BCUT2D eigenvalue weighted by Gasteiger charge is 2.16. The minimum absolute atomic E-state index is 0.207. The van der Waals surface area contributed by atoms with Gasteiger partial charge in [-0.15, -0.1) is 0 Å². The molecule has 78 valence electrons. The molecule has 1 rings (SSSR count). The van der Waals surface area contributed by atoms with Gasteiger partial charge >= 0.3 is 0 Å². The quantitative estimate of drug-likeness (QED) is 0.759. The van der Waals surface area contributed by atoms with Crippen molar-refractivity contribution in [2.45, 2.75) is 26.4 Å². The number of hydrogen-bond donors (Lipinski definition) is 2. The van der Waals surface area contributed by atoms with E-state index in [0.717, 1.165) is 12.0 Å². The lowest BCUT2D eigenvalue weighted by atomic mass is 9.94. The maximum Gasteiger partial charge on any atom is 0.0835 e. The fraction of sp³-hybridized carbons (Fsp3) is 0.455. The first kappa shape index (κ1) is 11.3. The maximum absolute atomic E-state index is 9.94. The first-order valence-corrected chi connectivity index (χ1v) is 5.17. The molecule has 14 heavy (non-hydrogen) atoms. The molecule has 1 aromatic carbocycles. The molecule has 0 saturated heterocycles. The summed E-state index contributed by atoms with van der Waals surface area (Å²) in [6.45, 7) is 4.04. The summed E-state index contributed by atoms with van der Waals surface area (Å²) < 4.78 is 0. The number of aliphatic hydroxyl groups is 1. The van der Waals surface area contributed by atoms with Crippen LogP contribution in [0.3, 0.4) is 0 Å². The summed E-state index contributed by atoms with van der Waals surface area (Å²) in [4.78, 5) is 0. The van der Waals surface area contributed by atoms with E-state index in [4.69, 9.17) is 17.3 Å². The summed E-state index contributed by atoms with van der Waals surface area (Å²) in [6.07, 6.45) is 0.417. The van der Waals surface area contributed by atoms with E-state index >= 15 is 0 Å². The van der Waals surface area contributed by atoms with Crippen LogP contribution in [0.25, 0.3) is 0 Å². The molecule has 0 radical (unpaired) electrons. The van der Waals surface area contributed by atoms with Crippen LogP contribution in [0.1, 0.15) is 31.9 Å². The van der Waals surface area contributed by atoms with Gasteiger partial charge < -0.3 is 10.8 Å². The summed E-state index contributed by atoms with van der Waals surface area (Å²) >= 11 is 5.77. The molecule has 3 heteroatoms. The second kappa shape index (κ2) is 4.67. The first-order chi connectivity index (χ1) is 6.56. The third kappa shape index (κ3) is 2.40. The Morgan fingerprint density at radius 2 is 2.14 bits per heavy atom. The SMILES string of the molecule is CCC(C)C(O)c1ccc(Cl)cc1N. The molecule has 0 aromatic heterocycles. The van der Waals surface area contributed by atoms with Crippen molar-refractivity contribution in [3.63, 3.8) is 0 Å². The fourth-order valence-corrected chi connectivity index (χ4v) is 1.53. The predicted octanol–water partition coefficient (Wildman–Crippen LogP) is 3.00. The third-order valence-electron chi connectivity index (χ3n) is 2.55. The van der Waals surface area contributed by atoms with Gasteiger partial charge in [0.25, 0.3) is 0 Å².